The van der Waals surface area contributed by atoms with Gasteiger partial charge in [-0.15, -0.1) is 0 Å². The van der Waals surface area contributed by atoms with Gasteiger partial charge in [0, 0.05) is 11.1 Å². The Morgan fingerprint density at radius 1 is 0.739 bits per heavy atom. The molecule has 4 rings (SSSR count). The molecule has 2 aromatic carbocycles. The van der Waals surface area contributed by atoms with Gasteiger partial charge in [0.15, 0.2) is 0 Å². The lowest BCUT2D eigenvalue weighted by Gasteiger charge is -2.25. The van der Waals surface area contributed by atoms with Crippen LogP contribution in [0.15, 0.2) is 60.0 Å². The fraction of sp³-hybridized carbons (Fsp3) is 0.158. The summed E-state index contributed by atoms with van der Waals surface area (Å²) >= 11 is 0. The molecule has 1 aliphatic heterocycles. The van der Waals surface area contributed by atoms with Gasteiger partial charge < -0.3 is 9.47 Å². The largest absolute Gasteiger partial charge is 0.483 e. The Hall–Kier alpha value is -2.88. The highest BCUT2D eigenvalue weighted by atomic mass is 16.6. The topological polar surface area (TPSA) is 52.6 Å². The van der Waals surface area contributed by atoms with Crippen molar-refractivity contribution in [2.45, 2.75) is 6.42 Å². The van der Waals surface area contributed by atoms with Crippen LogP contribution < -0.4 is 0 Å². The van der Waals surface area contributed by atoms with Crippen LogP contribution in [0, 0.1) is 0 Å². The predicted molar refractivity (Wildman–Crippen MR) is 83.3 cm³/mol. The first-order chi connectivity index (χ1) is 11.2. The van der Waals surface area contributed by atoms with Gasteiger partial charge in [-0.1, -0.05) is 36.4 Å². The zero-order valence-corrected chi connectivity index (χ0v) is 12.4. The average Bonchev–Trinajstić information content (AvgIpc) is 2.60. The smallest absolute Gasteiger partial charge is 0.232 e. The highest BCUT2D eigenvalue weighted by Crippen LogP contribution is 2.30. The summed E-state index contributed by atoms with van der Waals surface area (Å²) in [6, 6.07) is 15.4. The van der Waals surface area contributed by atoms with Crippen molar-refractivity contribution in [1.29, 1.82) is 0 Å². The minimum atomic E-state index is -0.277. The van der Waals surface area contributed by atoms with E-state index in [0.717, 1.165) is 11.1 Å². The number of hydrogen-bond acceptors (Lipinski definition) is 4. The van der Waals surface area contributed by atoms with E-state index in [9.17, 15) is 9.59 Å². The summed E-state index contributed by atoms with van der Waals surface area (Å²) in [5.74, 6) is -0.458. The zero-order chi connectivity index (χ0) is 15.8. The van der Waals surface area contributed by atoms with Gasteiger partial charge in [-0.25, -0.2) is 0 Å². The van der Waals surface area contributed by atoms with Crippen molar-refractivity contribution in [3.05, 3.63) is 82.3 Å². The molecule has 0 aromatic heterocycles. The number of ether oxygens (including phenoxy) is 2. The van der Waals surface area contributed by atoms with E-state index in [1.807, 2.05) is 36.4 Å². The highest BCUT2D eigenvalue weighted by Gasteiger charge is 2.37. The number of hydrogen-bond donors (Lipinski definition) is 0. The van der Waals surface area contributed by atoms with Crippen LogP contribution in [-0.2, 0) is 15.9 Å². The summed E-state index contributed by atoms with van der Waals surface area (Å²) in [6.45, 7) is 0.580. The van der Waals surface area contributed by atoms with Crippen LogP contribution in [-0.4, -0.2) is 24.8 Å². The summed E-state index contributed by atoms with van der Waals surface area (Å²) in [5.41, 5.74) is 2.92. The zero-order valence-electron chi connectivity index (χ0n) is 12.4. The molecule has 1 heterocycles. The summed E-state index contributed by atoms with van der Waals surface area (Å²) in [4.78, 5) is 25.0. The highest BCUT2D eigenvalue weighted by molar-refractivity contribution is 6.25. The Bertz CT molecular complexity index is 834. The second-order valence-electron chi connectivity index (χ2n) is 5.56. The lowest BCUT2D eigenvalue weighted by atomic mass is 9.89. The molecular formula is C19H14O4. The molecule has 0 amide bonds. The third kappa shape index (κ3) is 2.32. The SMILES string of the molecule is O=C1C2=C(OCCO2)C(=O)c2cc(Cc3ccccc3)ccc21. The van der Waals surface area contributed by atoms with Crippen LogP contribution in [0.4, 0.5) is 0 Å². The van der Waals surface area contributed by atoms with Crippen molar-refractivity contribution < 1.29 is 19.1 Å². The molecule has 114 valence electrons. The summed E-state index contributed by atoms with van der Waals surface area (Å²) in [6.07, 6.45) is 0.707. The molecule has 1 aliphatic carbocycles. The molecule has 0 atom stereocenters. The maximum Gasteiger partial charge on any atom is 0.232 e. The molecule has 0 radical (unpaired) electrons. The minimum absolute atomic E-state index is 0.0459. The molecule has 0 spiro atoms. The van der Waals surface area contributed by atoms with Gasteiger partial charge in [-0.3, -0.25) is 9.59 Å². The predicted octanol–water partition coefficient (Wildman–Crippen LogP) is 2.91. The van der Waals surface area contributed by atoms with E-state index >= 15 is 0 Å². The van der Waals surface area contributed by atoms with E-state index in [2.05, 4.69) is 0 Å². The fourth-order valence-corrected chi connectivity index (χ4v) is 2.92. The Morgan fingerprint density at radius 3 is 2.09 bits per heavy atom. The number of rotatable bonds is 2. The van der Waals surface area contributed by atoms with Crippen molar-refractivity contribution in [1.82, 2.24) is 0 Å². The maximum atomic E-state index is 12.6. The van der Waals surface area contributed by atoms with Gasteiger partial charge in [0.25, 0.3) is 0 Å². The lowest BCUT2D eigenvalue weighted by molar-refractivity contribution is 0.0436. The van der Waals surface area contributed by atoms with Gasteiger partial charge in [0.1, 0.15) is 13.2 Å². The molecule has 2 aliphatic rings. The summed E-state index contributed by atoms with van der Waals surface area (Å²) < 4.78 is 10.7. The number of ketones is 2. The maximum absolute atomic E-state index is 12.6. The van der Waals surface area contributed by atoms with Crippen LogP contribution in [0.25, 0.3) is 0 Å². The van der Waals surface area contributed by atoms with E-state index < -0.39 is 0 Å². The summed E-state index contributed by atoms with van der Waals surface area (Å²) in [7, 11) is 0. The van der Waals surface area contributed by atoms with Crippen LogP contribution in [0.5, 0.6) is 0 Å². The minimum Gasteiger partial charge on any atom is -0.483 e. The first kappa shape index (κ1) is 13.8. The first-order valence-corrected chi connectivity index (χ1v) is 7.50. The molecular weight excluding hydrogens is 292 g/mol. The van der Waals surface area contributed by atoms with Gasteiger partial charge in [-0.05, 0) is 29.7 Å². The van der Waals surface area contributed by atoms with E-state index in [4.69, 9.17) is 9.47 Å². The van der Waals surface area contributed by atoms with E-state index in [0.29, 0.717) is 24.2 Å². The van der Waals surface area contributed by atoms with Crippen LogP contribution >= 0.6 is 0 Å². The Kier molecular flexibility index (Phi) is 3.23. The summed E-state index contributed by atoms with van der Waals surface area (Å²) in [5, 5.41) is 0. The molecule has 4 nitrogen and oxygen atoms in total. The van der Waals surface area contributed by atoms with Gasteiger partial charge >= 0.3 is 0 Å². The molecule has 4 heteroatoms. The monoisotopic (exact) mass is 306 g/mol. The molecule has 2 aromatic rings. The van der Waals surface area contributed by atoms with Gasteiger partial charge in [-0.2, -0.15) is 0 Å². The van der Waals surface area contributed by atoms with Crippen molar-refractivity contribution in [3.8, 4) is 0 Å². The van der Waals surface area contributed by atoms with E-state index in [1.54, 1.807) is 12.1 Å². The normalized spacial score (nSPS) is 16.3. The average molecular weight is 306 g/mol. The number of carbonyl (C=O) groups excluding carboxylic acids is 2. The number of fused-ring (bicyclic) bond motifs is 1. The second-order valence-corrected chi connectivity index (χ2v) is 5.56. The standard InChI is InChI=1S/C19H14O4/c20-16-14-7-6-13(10-12-4-2-1-3-5-12)11-15(14)17(21)19-18(16)22-8-9-23-19/h1-7,11H,8-10H2. The van der Waals surface area contributed by atoms with Gasteiger partial charge in [0.05, 0.1) is 0 Å². The van der Waals surface area contributed by atoms with E-state index in [-0.39, 0.29) is 29.7 Å². The number of Topliss-reactive ketones (excluding diaryl/α,β-unsaturated/α-hetero) is 2. The Labute approximate surface area is 133 Å². The molecule has 0 saturated carbocycles. The van der Waals surface area contributed by atoms with E-state index in [1.165, 1.54) is 0 Å². The molecule has 0 N–H and O–H groups in total. The van der Waals surface area contributed by atoms with Crippen LogP contribution in [0.1, 0.15) is 31.8 Å². The fourth-order valence-electron chi connectivity index (χ4n) is 2.92. The lowest BCUT2D eigenvalue weighted by Crippen LogP contribution is -2.29. The Balaban J connectivity index is 1.73. The van der Waals surface area contributed by atoms with Crippen LogP contribution in [0.2, 0.25) is 0 Å². The quantitative estimate of drug-likeness (QED) is 0.856. The third-order valence-corrected chi connectivity index (χ3v) is 4.02. The molecule has 0 unspecified atom stereocenters. The van der Waals surface area contributed by atoms with Crippen molar-refractivity contribution in [2.75, 3.05) is 13.2 Å². The molecule has 0 saturated heterocycles. The third-order valence-electron chi connectivity index (χ3n) is 4.02. The molecule has 0 fully saturated rings. The van der Waals surface area contributed by atoms with Crippen molar-refractivity contribution in [2.24, 2.45) is 0 Å². The van der Waals surface area contributed by atoms with Gasteiger partial charge in [0.2, 0.25) is 23.1 Å². The number of carbonyl (C=O) groups is 2. The van der Waals surface area contributed by atoms with Crippen molar-refractivity contribution in [3.63, 3.8) is 0 Å². The Morgan fingerprint density at radius 2 is 1.39 bits per heavy atom. The molecule has 23 heavy (non-hydrogen) atoms. The molecule has 0 bridgehead atoms. The first-order valence-electron chi connectivity index (χ1n) is 7.50. The number of allylic oxidation sites excluding steroid dienone is 2. The number of benzene rings is 2. The van der Waals surface area contributed by atoms with Crippen LogP contribution in [0.3, 0.4) is 0 Å². The second kappa shape index (κ2) is 5.39. The van der Waals surface area contributed by atoms with Crippen molar-refractivity contribution >= 4 is 11.6 Å².